The van der Waals surface area contributed by atoms with E-state index in [0.29, 0.717) is 12.8 Å². The molecule has 0 aliphatic heterocycles. The van der Waals surface area contributed by atoms with Crippen LogP contribution in [0, 0.1) is 11.3 Å². The number of halogens is 4. The predicted molar refractivity (Wildman–Crippen MR) is 91.4 cm³/mol. The van der Waals surface area contributed by atoms with Crippen LogP contribution in [0.15, 0.2) is 24.3 Å². The number of carbonyl (C=O) groups is 2. The molecule has 1 N–H and O–H groups in total. The van der Waals surface area contributed by atoms with Gasteiger partial charge < -0.3 is 10.1 Å². The minimum absolute atomic E-state index is 0.0996. The maximum absolute atomic E-state index is 12.8. The summed E-state index contributed by atoms with van der Waals surface area (Å²) in [6.07, 6.45) is 0.166. The second-order valence-electron chi connectivity index (χ2n) is 6.13. The molecule has 0 aromatic heterocycles. The molecule has 0 spiro atoms. The van der Waals surface area contributed by atoms with Crippen LogP contribution in [0.5, 0.6) is 0 Å². The van der Waals surface area contributed by atoms with E-state index >= 15 is 0 Å². The van der Waals surface area contributed by atoms with Gasteiger partial charge in [0.1, 0.15) is 5.54 Å². The highest BCUT2D eigenvalue weighted by Crippen LogP contribution is 2.35. The molecule has 1 aromatic rings. The molecule has 0 atom stereocenters. The second-order valence-corrected chi connectivity index (χ2v) is 6.53. The first-order valence-electron chi connectivity index (χ1n) is 8.09. The summed E-state index contributed by atoms with van der Waals surface area (Å²) in [6.45, 7) is -0.582. The number of alkyl halides is 3. The Hall–Kier alpha value is -2.53. The summed E-state index contributed by atoms with van der Waals surface area (Å²) >= 11 is 5.52. The van der Waals surface area contributed by atoms with Crippen LogP contribution in [0.4, 0.5) is 13.2 Å². The summed E-state index contributed by atoms with van der Waals surface area (Å²) in [4.78, 5) is 23.5. The number of nitrogens with zero attached hydrogens (tertiary/aromatic N) is 1. The molecule has 1 amide bonds. The van der Waals surface area contributed by atoms with Crippen molar-refractivity contribution in [2.75, 3.05) is 6.61 Å². The fourth-order valence-electron chi connectivity index (χ4n) is 2.76. The van der Waals surface area contributed by atoms with Gasteiger partial charge in [0.15, 0.2) is 6.61 Å². The fraction of sp³-hybridized carbons (Fsp3) is 0.389. The molecular weight excluding hydrogens is 385 g/mol. The Morgan fingerprint density at radius 2 is 2.00 bits per heavy atom. The number of carbonyl (C=O) groups excluding carboxylic acids is 2. The van der Waals surface area contributed by atoms with Gasteiger partial charge in [-0.25, -0.2) is 4.79 Å². The lowest BCUT2D eigenvalue weighted by atomic mass is 10.00. The third kappa shape index (κ3) is 5.73. The van der Waals surface area contributed by atoms with E-state index in [1.807, 2.05) is 0 Å². The van der Waals surface area contributed by atoms with E-state index in [4.69, 9.17) is 16.3 Å². The molecule has 2 rings (SSSR count). The Morgan fingerprint density at radius 3 is 2.59 bits per heavy atom. The average molecular weight is 401 g/mol. The molecule has 1 aromatic carbocycles. The van der Waals surface area contributed by atoms with Crippen LogP contribution in [0.2, 0.25) is 5.02 Å². The van der Waals surface area contributed by atoms with Crippen LogP contribution < -0.4 is 5.32 Å². The Kier molecular flexibility index (Phi) is 6.50. The smallest absolute Gasteiger partial charge is 0.417 e. The van der Waals surface area contributed by atoms with E-state index in [9.17, 15) is 28.0 Å². The Bertz CT molecular complexity index is 794. The van der Waals surface area contributed by atoms with Gasteiger partial charge in [0.25, 0.3) is 5.91 Å². The first-order chi connectivity index (χ1) is 12.6. The molecule has 1 aliphatic rings. The minimum Gasteiger partial charge on any atom is -0.452 e. The first kappa shape index (κ1) is 20.8. The highest BCUT2D eigenvalue weighted by atomic mass is 35.5. The van der Waals surface area contributed by atoms with Crippen LogP contribution in [-0.4, -0.2) is 24.0 Å². The van der Waals surface area contributed by atoms with E-state index in [0.717, 1.165) is 37.1 Å². The van der Waals surface area contributed by atoms with Crippen LogP contribution >= 0.6 is 11.6 Å². The number of nitrogens with one attached hydrogen (secondary N) is 1. The van der Waals surface area contributed by atoms with Gasteiger partial charge in [-0.3, -0.25) is 4.79 Å². The van der Waals surface area contributed by atoms with Crippen LogP contribution in [0.25, 0.3) is 6.08 Å². The number of hydrogen-bond acceptors (Lipinski definition) is 4. The quantitative estimate of drug-likeness (QED) is 0.601. The second kappa shape index (κ2) is 8.44. The molecule has 9 heteroatoms. The third-order valence-electron chi connectivity index (χ3n) is 4.10. The first-order valence-corrected chi connectivity index (χ1v) is 8.47. The Labute approximate surface area is 158 Å². The molecule has 1 fully saturated rings. The molecule has 0 bridgehead atoms. The van der Waals surface area contributed by atoms with Gasteiger partial charge in [0.2, 0.25) is 0 Å². The molecule has 5 nitrogen and oxygen atoms in total. The fourth-order valence-corrected chi connectivity index (χ4v) is 2.98. The van der Waals surface area contributed by atoms with Gasteiger partial charge in [0, 0.05) is 6.08 Å². The lowest BCUT2D eigenvalue weighted by Crippen LogP contribution is -2.46. The van der Waals surface area contributed by atoms with Crippen LogP contribution in [0.1, 0.15) is 36.8 Å². The molecular formula is C18H16ClF3N2O3. The van der Waals surface area contributed by atoms with Crippen LogP contribution in [-0.2, 0) is 20.5 Å². The van der Waals surface area contributed by atoms with E-state index in [1.54, 1.807) is 0 Å². The van der Waals surface area contributed by atoms with E-state index in [1.165, 1.54) is 6.07 Å². The molecule has 0 saturated heterocycles. The number of esters is 1. The van der Waals surface area contributed by atoms with Crippen LogP contribution in [0.3, 0.4) is 0 Å². The number of nitriles is 1. The number of rotatable bonds is 5. The molecule has 0 heterocycles. The van der Waals surface area contributed by atoms with E-state index < -0.39 is 40.8 Å². The zero-order valence-corrected chi connectivity index (χ0v) is 14.9. The summed E-state index contributed by atoms with van der Waals surface area (Å²) in [5.41, 5.74) is -1.84. The van der Waals surface area contributed by atoms with Crippen molar-refractivity contribution in [3.8, 4) is 6.07 Å². The largest absolute Gasteiger partial charge is 0.452 e. The van der Waals surface area contributed by atoms with Crippen molar-refractivity contribution < 1.29 is 27.5 Å². The highest BCUT2D eigenvalue weighted by molar-refractivity contribution is 6.31. The van der Waals surface area contributed by atoms with Crippen molar-refractivity contribution in [3.05, 3.63) is 40.4 Å². The van der Waals surface area contributed by atoms with E-state index in [2.05, 4.69) is 11.4 Å². The van der Waals surface area contributed by atoms with Crippen molar-refractivity contribution >= 4 is 29.6 Å². The lowest BCUT2D eigenvalue weighted by Gasteiger charge is -2.21. The topological polar surface area (TPSA) is 79.2 Å². The predicted octanol–water partition coefficient (Wildman–Crippen LogP) is 3.87. The van der Waals surface area contributed by atoms with Crippen molar-refractivity contribution in [3.63, 3.8) is 0 Å². The molecule has 0 radical (unpaired) electrons. The summed E-state index contributed by atoms with van der Waals surface area (Å²) in [6, 6.07) is 5.26. The van der Waals surface area contributed by atoms with Crippen molar-refractivity contribution in [1.82, 2.24) is 5.32 Å². The number of ether oxygens (including phenoxy) is 1. The maximum Gasteiger partial charge on any atom is 0.417 e. The summed E-state index contributed by atoms with van der Waals surface area (Å²) < 4.78 is 43.1. The van der Waals surface area contributed by atoms with Gasteiger partial charge in [-0.15, -0.1) is 0 Å². The molecule has 144 valence electrons. The standard InChI is InChI=1S/C18H16ClF3N2O3/c19-14-5-3-12(9-13(14)18(20,21)22)4-6-16(26)27-10-15(25)24-17(11-23)7-1-2-8-17/h3-6,9H,1-2,7-8,10H2,(H,24,25)/b6-4+. The third-order valence-corrected chi connectivity index (χ3v) is 4.43. The van der Waals surface area contributed by atoms with Gasteiger partial charge in [-0.1, -0.05) is 17.7 Å². The summed E-state index contributed by atoms with van der Waals surface area (Å²) in [5, 5.41) is 11.3. The minimum atomic E-state index is -4.61. The van der Waals surface area contributed by atoms with Crippen molar-refractivity contribution in [2.24, 2.45) is 0 Å². The number of benzene rings is 1. The lowest BCUT2D eigenvalue weighted by molar-refractivity contribution is -0.144. The van der Waals surface area contributed by atoms with Crippen molar-refractivity contribution in [1.29, 1.82) is 5.26 Å². The highest BCUT2D eigenvalue weighted by Gasteiger charge is 2.35. The van der Waals surface area contributed by atoms with Gasteiger partial charge >= 0.3 is 12.1 Å². The molecule has 27 heavy (non-hydrogen) atoms. The molecule has 1 saturated carbocycles. The van der Waals surface area contributed by atoms with E-state index in [-0.39, 0.29) is 5.56 Å². The average Bonchev–Trinajstić information content (AvgIpc) is 3.07. The zero-order chi connectivity index (χ0) is 20.1. The maximum atomic E-state index is 12.8. The van der Waals surface area contributed by atoms with Crippen molar-refractivity contribution in [2.45, 2.75) is 37.4 Å². The molecule has 0 unspecified atom stereocenters. The SMILES string of the molecule is N#CC1(NC(=O)COC(=O)/C=C/c2ccc(Cl)c(C(F)(F)F)c2)CCCC1. The molecule has 1 aliphatic carbocycles. The number of amides is 1. The Morgan fingerprint density at radius 1 is 1.33 bits per heavy atom. The zero-order valence-electron chi connectivity index (χ0n) is 14.1. The number of hydrogen-bond donors (Lipinski definition) is 1. The van der Waals surface area contributed by atoms with Gasteiger partial charge in [0.05, 0.1) is 16.7 Å². The van der Waals surface area contributed by atoms with Gasteiger partial charge in [-0.2, -0.15) is 18.4 Å². The monoisotopic (exact) mass is 400 g/mol. The Balaban J connectivity index is 1.90. The summed E-state index contributed by atoms with van der Waals surface area (Å²) in [5.74, 6) is -1.50. The van der Waals surface area contributed by atoms with Gasteiger partial charge in [-0.05, 0) is 49.5 Å². The summed E-state index contributed by atoms with van der Waals surface area (Å²) in [7, 11) is 0. The normalized spacial score (nSPS) is 16.1.